The Labute approximate surface area is 155 Å². The molecule has 0 radical (unpaired) electrons. The SMILES string of the molecule is CC1CN(c2ncnc(Oc3ccccc3/C=N/N)c2[N+](=O)[O-])CC(C)O1. The highest BCUT2D eigenvalue weighted by atomic mass is 16.6. The molecule has 1 aliphatic heterocycles. The van der Waals surface area contributed by atoms with Crippen LogP contribution in [-0.4, -0.2) is 46.4 Å². The van der Waals surface area contributed by atoms with Gasteiger partial charge in [-0.1, -0.05) is 12.1 Å². The topological polar surface area (TPSA) is 129 Å². The highest BCUT2D eigenvalue weighted by Gasteiger charge is 2.32. The van der Waals surface area contributed by atoms with Gasteiger partial charge in [0.25, 0.3) is 0 Å². The first-order valence-electron chi connectivity index (χ1n) is 8.39. The Morgan fingerprint density at radius 3 is 2.70 bits per heavy atom. The molecule has 2 atom stereocenters. The first kappa shape index (κ1) is 18.5. The van der Waals surface area contributed by atoms with Gasteiger partial charge in [-0.2, -0.15) is 10.1 Å². The number of anilines is 1. The van der Waals surface area contributed by atoms with Gasteiger partial charge in [0.05, 0.1) is 23.3 Å². The van der Waals surface area contributed by atoms with Crippen molar-refractivity contribution in [1.29, 1.82) is 0 Å². The van der Waals surface area contributed by atoms with Gasteiger partial charge in [-0.25, -0.2) is 4.98 Å². The molecule has 0 spiro atoms. The van der Waals surface area contributed by atoms with Crippen LogP contribution in [0.2, 0.25) is 0 Å². The summed E-state index contributed by atoms with van der Waals surface area (Å²) in [6, 6.07) is 6.90. The van der Waals surface area contributed by atoms with Crippen LogP contribution in [0.15, 0.2) is 35.7 Å². The molecule has 1 aliphatic rings. The molecule has 0 amide bonds. The second-order valence-corrected chi connectivity index (χ2v) is 6.19. The lowest BCUT2D eigenvalue weighted by atomic mass is 10.2. The maximum absolute atomic E-state index is 11.8. The van der Waals surface area contributed by atoms with Crippen molar-refractivity contribution in [2.75, 3.05) is 18.0 Å². The molecule has 1 fully saturated rings. The van der Waals surface area contributed by atoms with E-state index in [9.17, 15) is 10.1 Å². The van der Waals surface area contributed by atoms with Gasteiger partial charge in [-0.05, 0) is 26.0 Å². The van der Waals surface area contributed by atoms with Gasteiger partial charge in [-0.3, -0.25) is 10.1 Å². The van der Waals surface area contributed by atoms with E-state index in [0.29, 0.717) is 24.4 Å². The molecule has 2 aromatic rings. The zero-order valence-corrected chi connectivity index (χ0v) is 15.0. The van der Waals surface area contributed by atoms with Gasteiger partial charge < -0.3 is 20.2 Å². The van der Waals surface area contributed by atoms with Crippen LogP contribution in [-0.2, 0) is 4.74 Å². The van der Waals surface area contributed by atoms with Crippen molar-refractivity contribution >= 4 is 17.7 Å². The summed E-state index contributed by atoms with van der Waals surface area (Å²) in [5, 5.41) is 15.3. The van der Waals surface area contributed by atoms with E-state index in [4.69, 9.17) is 15.3 Å². The minimum Gasteiger partial charge on any atom is -0.433 e. The largest absolute Gasteiger partial charge is 0.433 e. The number of hydrogen-bond acceptors (Lipinski definition) is 9. The zero-order chi connectivity index (χ0) is 19.4. The van der Waals surface area contributed by atoms with E-state index in [0.717, 1.165) is 0 Å². The number of hydrogen-bond donors (Lipinski definition) is 1. The third-order valence-electron chi connectivity index (χ3n) is 4.01. The third kappa shape index (κ3) is 4.11. The number of rotatable bonds is 5. The molecule has 10 heteroatoms. The summed E-state index contributed by atoms with van der Waals surface area (Å²) in [7, 11) is 0. The summed E-state index contributed by atoms with van der Waals surface area (Å²) in [5.74, 6) is 5.62. The Hall–Kier alpha value is -3.27. The van der Waals surface area contributed by atoms with Gasteiger partial charge in [-0.15, -0.1) is 0 Å². The summed E-state index contributed by atoms with van der Waals surface area (Å²) in [4.78, 5) is 21.2. The second kappa shape index (κ2) is 7.96. The first-order chi connectivity index (χ1) is 13.0. The molecule has 27 heavy (non-hydrogen) atoms. The normalized spacial score (nSPS) is 20.0. The maximum Gasteiger partial charge on any atom is 0.373 e. The number of nitrogens with zero attached hydrogens (tertiary/aromatic N) is 5. The molecule has 142 valence electrons. The van der Waals surface area contributed by atoms with E-state index in [1.807, 2.05) is 18.7 Å². The van der Waals surface area contributed by atoms with Crippen molar-refractivity contribution in [1.82, 2.24) is 9.97 Å². The first-order valence-corrected chi connectivity index (χ1v) is 8.39. The molecule has 1 saturated heterocycles. The van der Waals surface area contributed by atoms with Crippen LogP contribution in [0.4, 0.5) is 11.5 Å². The van der Waals surface area contributed by atoms with E-state index in [1.54, 1.807) is 24.3 Å². The van der Waals surface area contributed by atoms with Crippen LogP contribution in [0.25, 0.3) is 0 Å². The Morgan fingerprint density at radius 2 is 2.04 bits per heavy atom. The molecular weight excluding hydrogens is 352 g/mol. The fourth-order valence-electron chi connectivity index (χ4n) is 3.04. The molecule has 2 unspecified atom stereocenters. The molecule has 10 nitrogen and oxygen atoms in total. The minimum atomic E-state index is -0.533. The Morgan fingerprint density at radius 1 is 1.33 bits per heavy atom. The number of aromatic nitrogens is 2. The number of benzene rings is 1. The summed E-state index contributed by atoms with van der Waals surface area (Å²) >= 11 is 0. The van der Waals surface area contributed by atoms with Crippen LogP contribution in [0.3, 0.4) is 0 Å². The van der Waals surface area contributed by atoms with Crippen molar-refractivity contribution in [3.05, 3.63) is 46.3 Å². The zero-order valence-electron chi connectivity index (χ0n) is 15.0. The van der Waals surface area contributed by atoms with Gasteiger partial charge in [0.15, 0.2) is 0 Å². The molecule has 1 aromatic carbocycles. The number of nitrogens with two attached hydrogens (primary N) is 1. The maximum atomic E-state index is 11.8. The van der Waals surface area contributed by atoms with E-state index >= 15 is 0 Å². The molecule has 0 saturated carbocycles. The van der Waals surface area contributed by atoms with Crippen molar-refractivity contribution in [2.45, 2.75) is 26.1 Å². The average molecular weight is 372 g/mol. The Bertz CT molecular complexity index is 849. The fraction of sp³-hybridized carbons (Fsp3) is 0.353. The molecular formula is C17H20N6O4. The smallest absolute Gasteiger partial charge is 0.373 e. The Balaban J connectivity index is 2.01. The van der Waals surface area contributed by atoms with Crippen LogP contribution < -0.4 is 15.5 Å². The number of hydrazone groups is 1. The van der Waals surface area contributed by atoms with E-state index in [-0.39, 0.29) is 29.6 Å². The summed E-state index contributed by atoms with van der Waals surface area (Å²) in [6.07, 6.45) is 2.50. The van der Waals surface area contributed by atoms with Gasteiger partial charge in [0, 0.05) is 18.7 Å². The van der Waals surface area contributed by atoms with E-state index in [1.165, 1.54) is 12.5 Å². The monoisotopic (exact) mass is 372 g/mol. The van der Waals surface area contributed by atoms with E-state index < -0.39 is 4.92 Å². The van der Waals surface area contributed by atoms with Crippen molar-refractivity contribution in [2.24, 2.45) is 10.9 Å². The lowest BCUT2D eigenvalue weighted by Crippen LogP contribution is -2.46. The van der Waals surface area contributed by atoms with Crippen LogP contribution in [0.1, 0.15) is 19.4 Å². The quantitative estimate of drug-likeness (QED) is 0.365. The highest BCUT2D eigenvalue weighted by molar-refractivity contribution is 5.83. The van der Waals surface area contributed by atoms with Gasteiger partial charge in [0.2, 0.25) is 5.82 Å². The molecule has 2 N–H and O–H groups in total. The van der Waals surface area contributed by atoms with Crippen molar-refractivity contribution < 1.29 is 14.4 Å². The van der Waals surface area contributed by atoms with Gasteiger partial charge >= 0.3 is 11.6 Å². The molecule has 3 rings (SSSR count). The van der Waals surface area contributed by atoms with Crippen LogP contribution in [0, 0.1) is 10.1 Å². The van der Waals surface area contributed by atoms with E-state index in [2.05, 4.69) is 15.1 Å². The fourth-order valence-corrected chi connectivity index (χ4v) is 3.04. The minimum absolute atomic E-state index is 0.0748. The predicted molar refractivity (Wildman–Crippen MR) is 99.2 cm³/mol. The van der Waals surface area contributed by atoms with Crippen LogP contribution >= 0.6 is 0 Å². The average Bonchev–Trinajstić information content (AvgIpc) is 2.62. The highest BCUT2D eigenvalue weighted by Crippen LogP contribution is 2.37. The van der Waals surface area contributed by atoms with Crippen molar-refractivity contribution in [3.63, 3.8) is 0 Å². The number of nitro groups is 1. The second-order valence-electron chi connectivity index (χ2n) is 6.19. The predicted octanol–water partition coefficient (Wildman–Crippen LogP) is 2.08. The lowest BCUT2D eigenvalue weighted by Gasteiger charge is -2.35. The third-order valence-corrected chi connectivity index (χ3v) is 4.01. The standard InChI is InChI=1S/C17H20N6O4/c1-11-8-22(9-12(2)26-11)16-15(23(24)25)17(20-10-19-16)27-14-6-4-3-5-13(14)7-21-18/h3-7,10-12H,8-9,18H2,1-2H3/b21-7+. The molecule has 1 aromatic heterocycles. The lowest BCUT2D eigenvalue weighted by molar-refractivity contribution is -0.385. The van der Waals surface area contributed by atoms with Gasteiger partial charge in [0.1, 0.15) is 12.1 Å². The summed E-state index contributed by atoms with van der Waals surface area (Å²) < 4.78 is 11.4. The number of morpholine rings is 1. The Kier molecular flexibility index (Phi) is 5.46. The number of para-hydroxylation sites is 1. The molecule has 0 bridgehead atoms. The molecule has 0 aliphatic carbocycles. The molecule has 2 heterocycles. The van der Waals surface area contributed by atoms with Crippen molar-refractivity contribution in [3.8, 4) is 11.6 Å². The number of ether oxygens (including phenoxy) is 2. The summed E-state index contributed by atoms with van der Waals surface area (Å²) in [5.41, 5.74) is 0.279. The van der Waals surface area contributed by atoms with Crippen LogP contribution in [0.5, 0.6) is 11.6 Å². The summed E-state index contributed by atoms with van der Waals surface area (Å²) in [6.45, 7) is 4.79.